The van der Waals surface area contributed by atoms with Gasteiger partial charge in [0.15, 0.2) is 0 Å². The Morgan fingerprint density at radius 1 is 1.21 bits per heavy atom. The first-order valence-corrected chi connectivity index (χ1v) is 9.80. The minimum absolute atomic E-state index is 0.0130. The van der Waals surface area contributed by atoms with E-state index < -0.39 is 11.5 Å². The number of aromatic amines is 1. The Morgan fingerprint density at radius 3 is 2.66 bits per heavy atom. The van der Waals surface area contributed by atoms with Crippen molar-refractivity contribution >= 4 is 34.3 Å². The van der Waals surface area contributed by atoms with Crippen molar-refractivity contribution in [1.29, 1.82) is 0 Å². The zero-order valence-corrected chi connectivity index (χ0v) is 16.1. The third kappa shape index (κ3) is 2.97. The van der Waals surface area contributed by atoms with Crippen LogP contribution in [0, 0.1) is 11.8 Å². The largest absolute Gasteiger partial charge is 0.385 e. The summed E-state index contributed by atoms with van der Waals surface area (Å²) in [5.74, 6) is -0.412. The molecule has 7 nitrogen and oxygen atoms in total. The van der Waals surface area contributed by atoms with Crippen LogP contribution < -0.4 is 11.1 Å². The molecule has 0 radical (unpaired) electrons. The monoisotopic (exact) mass is 410 g/mol. The Bertz CT molecular complexity index is 1150. The molecule has 148 valence electrons. The lowest BCUT2D eigenvalue weighted by molar-refractivity contribution is 0.0293. The summed E-state index contributed by atoms with van der Waals surface area (Å²) in [4.78, 5) is 23.9. The second kappa shape index (κ2) is 6.30. The third-order valence-corrected chi connectivity index (χ3v) is 6.43. The summed E-state index contributed by atoms with van der Waals surface area (Å²) in [6.45, 7) is 0. The molecule has 2 amide bonds. The quantitative estimate of drug-likeness (QED) is 0.527. The minimum Gasteiger partial charge on any atom is -0.385 e. The smallest absolute Gasteiger partial charge is 0.251 e. The van der Waals surface area contributed by atoms with Gasteiger partial charge in [0.2, 0.25) is 5.91 Å². The molecule has 5 rings (SSSR count). The zero-order chi connectivity index (χ0) is 20.3. The van der Waals surface area contributed by atoms with E-state index in [1.807, 2.05) is 0 Å². The summed E-state index contributed by atoms with van der Waals surface area (Å²) in [6.07, 6.45) is 2.79. The first-order valence-electron chi connectivity index (χ1n) is 9.42. The topological polar surface area (TPSA) is 121 Å². The minimum atomic E-state index is -0.991. The van der Waals surface area contributed by atoms with Crippen LogP contribution in [-0.2, 0) is 5.60 Å². The molecule has 8 heteroatoms. The number of carbonyl (C=O) groups excluding carboxylic acids is 2. The summed E-state index contributed by atoms with van der Waals surface area (Å²) >= 11 is 6.22. The number of halogens is 1. The fourth-order valence-electron chi connectivity index (χ4n) is 4.75. The van der Waals surface area contributed by atoms with Crippen LogP contribution in [0.4, 0.5) is 0 Å². The second-order valence-corrected chi connectivity index (χ2v) is 8.43. The highest BCUT2D eigenvalue weighted by Crippen LogP contribution is 2.60. The van der Waals surface area contributed by atoms with E-state index in [1.54, 1.807) is 36.5 Å². The first kappa shape index (κ1) is 18.1. The summed E-state index contributed by atoms with van der Waals surface area (Å²) in [7, 11) is 0. The average molecular weight is 411 g/mol. The highest BCUT2D eigenvalue weighted by Gasteiger charge is 2.62. The molecule has 2 unspecified atom stereocenters. The Labute approximate surface area is 171 Å². The lowest BCUT2D eigenvalue weighted by atomic mass is 9.86. The lowest BCUT2D eigenvalue weighted by Crippen LogP contribution is -2.33. The van der Waals surface area contributed by atoms with Gasteiger partial charge >= 0.3 is 0 Å². The number of carbonyl (C=O) groups is 2. The van der Waals surface area contributed by atoms with E-state index in [-0.39, 0.29) is 23.8 Å². The van der Waals surface area contributed by atoms with Gasteiger partial charge in [0, 0.05) is 27.6 Å². The van der Waals surface area contributed by atoms with E-state index in [4.69, 9.17) is 17.3 Å². The van der Waals surface area contributed by atoms with Crippen LogP contribution in [0.25, 0.3) is 10.9 Å². The summed E-state index contributed by atoms with van der Waals surface area (Å²) < 4.78 is 0. The molecule has 1 heterocycles. The predicted octanol–water partition coefficient (Wildman–Crippen LogP) is 2.34. The number of amides is 2. The molecular formula is C21H19ClN4O3. The molecule has 0 saturated heterocycles. The molecule has 0 bridgehead atoms. The molecule has 3 aromatic rings. The number of benzene rings is 2. The van der Waals surface area contributed by atoms with Crippen LogP contribution in [0.1, 0.15) is 39.1 Å². The van der Waals surface area contributed by atoms with Gasteiger partial charge in [-0.3, -0.25) is 14.7 Å². The van der Waals surface area contributed by atoms with Crippen molar-refractivity contribution in [2.75, 3.05) is 0 Å². The van der Waals surface area contributed by atoms with Crippen molar-refractivity contribution < 1.29 is 14.7 Å². The number of H-pyrrole nitrogens is 1. The van der Waals surface area contributed by atoms with Crippen LogP contribution in [-0.4, -0.2) is 33.2 Å². The molecule has 2 saturated carbocycles. The number of hydrogen-bond acceptors (Lipinski definition) is 4. The summed E-state index contributed by atoms with van der Waals surface area (Å²) in [5.41, 5.74) is 6.56. The van der Waals surface area contributed by atoms with Gasteiger partial charge in [-0.15, -0.1) is 0 Å². The van der Waals surface area contributed by atoms with Gasteiger partial charge in [0.1, 0.15) is 0 Å². The lowest BCUT2D eigenvalue weighted by Gasteiger charge is -2.27. The second-order valence-electron chi connectivity index (χ2n) is 8.00. The number of nitrogens with two attached hydrogens (primary N) is 1. The SMILES string of the molecule is NC(=O)c1cccc(C(=O)NC2[C@H]3CC(O)(c4cc(Cl)cc5[nH]ncc45)C[C@@H]23)c1. The van der Waals surface area contributed by atoms with Gasteiger partial charge in [0.05, 0.1) is 17.3 Å². The van der Waals surface area contributed by atoms with E-state index in [0.717, 1.165) is 16.5 Å². The maximum Gasteiger partial charge on any atom is 0.251 e. The maximum absolute atomic E-state index is 12.6. The number of nitrogens with one attached hydrogen (secondary N) is 2. The molecule has 0 spiro atoms. The number of aromatic nitrogens is 2. The highest BCUT2D eigenvalue weighted by atomic mass is 35.5. The van der Waals surface area contributed by atoms with E-state index in [9.17, 15) is 14.7 Å². The van der Waals surface area contributed by atoms with E-state index in [2.05, 4.69) is 15.5 Å². The van der Waals surface area contributed by atoms with Crippen molar-refractivity contribution in [3.8, 4) is 0 Å². The van der Waals surface area contributed by atoms with Crippen molar-refractivity contribution in [3.05, 3.63) is 64.3 Å². The van der Waals surface area contributed by atoms with Crippen molar-refractivity contribution in [2.24, 2.45) is 17.6 Å². The molecule has 1 aromatic heterocycles. The number of fused-ring (bicyclic) bond motifs is 2. The molecule has 2 aliphatic carbocycles. The molecular weight excluding hydrogens is 392 g/mol. The van der Waals surface area contributed by atoms with Gasteiger partial charge in [-0.1, -0.05) is 17.7 Å². The zero-order valence-electron chi connectivity index (χ0n) is 15.4. The number of hydrogen-bond donors (Lipinski definition) is 4. The Morgan fingerprint density at radius 2 is 1.93 bits per heavy atom. The summed E-state index contributed by atoms with van der Waals surface area (Å²) in [5, 5.41) is 22.7. The predicted molar refractivity (Wildman–Crippen MR) is 107 cm³/mol. The van der Waals surface area contributed by atoms with Gasteiger partial charge in [0.25, 0.3) is 5.91 Å². The number of nitrogens with zero attached hydrogens (tertiary/aromatic N) is 1. The standard InChI is InChI=1S/C21H19ClN4O3/c22-12-5-16(15-9-24-26-17(15)6-12)21(29)7-13-14(8-21)18(13)25-20(28)11-3-1-2-10(4-11)19(23)27/h1-6,9,13-14,18,29H,7-8H2,(H2,23,27)(H,24,26)(H,25,28)/t13-,14+,18?,21?. The Kier molecular flexibility index (Phi) is 3.94. The van der Waals surface area contributed by atoms with Crippen LogP contribution in [0.5, 0.6) is 0 Å². The molecule has 2 fully saturated rings. The van der Waals surface area contributed by atoms with Crippen molar-refractivity contribution in [1.82, 2.24) is 15.5 Å². The maximum atomic E-state index is 12.6. The van der Waals surface area contributed by atoms with Gasteiger partial charge < -0.3 is 16.2 Å². The molecule has 0 aliphatic heterocycles. The molecule has 2 aromatic carbocycles. The van der Waals surface area contributed by atoms with Gasteiger partial charge in [-0.25, -0.2) is 0 Å². The van der Waals surface area contributed by atoms with Crippen molar-refractivity contribution in [2.45, 2.75) is 24.5 Å². The molecule has 2 aliphatic rings. The number of primary amides is 1. The average Bonchev–Trinajstić information content (AvgIpc) is 3.05. The first-order chi connectivity index (χ1) is 13.9. The van der Waals surface area contributed by atoms with Crippen molar-refractivity contribution in [3.63, 3.8) is 0 Å². The van der Waals surface area contributed by atoms with E-state index >= 15 is 0 Å². The van der Waals surface area contributed by atoms with E-state index in [1.165, 1.54) is 6.07 Å². The number of rotatable bonds is 4. The Hall–Kier alpha value is -2.90. The van der Waals surface area contributed by atoms with Crippen LogP contribution in [0.15, 0.2) is 42.6 Å². The molecule has 4 atom stereocenters. The van der Waals surface area contributed by atoms with Crippen LogP contribution >= 0.6 is 11.6 Å². The van der Waals surface area contributed by atoms with Crippen LogP contribution in [0.2, 0.25) is 5.02 Å². The van der Waals surface area contributed by atoms with Crippen LogP contribution in [0.3, 0.4) is 0 Å². The van der Waals surface area contributed by atoms with Gasteiger partial charge in [-0.2, -0.15) is 5.10 Å². The number of aliphatic hydroxyl groups is 1. The van der Waals surface area contributed by atoms with E-state index in [0.29, 0.717) is 29.0 Å². The summed E-state index contributed by atoms with van der Waals surface area (Å²) in [6, 6.07) is 9.96. The fraction of sp³-hybridized carbons (Fsp3) is 0.286. The third-order valence-electron chi connectivity index (χ3n) is 6.21. The van der Waals surface area contributed by atoms with Gasteiger partial charge in [-0.05, 0) is 60.6 Å². The molecule has 5 N–H and O–H groups in total. The Balaban J connectivity index is 1.31. The fourth-order valence-corrected chi connectivity index (χ4v) is 4.97. The molecule has 29 heavy (non-hydrogen) atoms. The highest BCUT2D eigenvalue weighted by molar-refractivity contribution is 6.31. The normalized spacial score (nSPS) is 27.6.